The predicted octanol–water partition coefficient (Wildman–Crippen LogP) is 4.12. The molecule has 138 valence electrons. The van der Waals surface area contributed by atoms with Crippen LogP contribution in [0.4, 0.5) is 5.69 Å². The number of anilines is 1. The maximum atomic E-state index is 12.6. The van der Waals surface area contributed by atoms with Gasteiger partial charge in [-0.05, 0) is 37.6 Å². The molecule has 0 fully saturated rings. The number of rotatable bonds is 4. The predicted molar refractivity (Wildman–Crippen MR) is 106 cm³/mol. The summed E-state index contributed by atoms with van der Waals surface area (Å²) in [4.78, 5) is 28.9. The average molecular weight is 403 g/mol. The molecule has 3 aromatic rings. The molecule has 0 spiro atoms. The molecule has 3 rings (SSSR count). The van der Waals surface area contributed by atoms with Crippen LogP contribution in [0.2, 0.25) is 10.0 Å². The Balaban J connectivity index is 1.84. The van der Waals surface area contributed by atoms with Crippen molar-refractivity contribution in [1.82, 2.24) is 14.8 Å². The molecule has 8 heteroatoms. The molecule has 1 aromatic heterocycles. The van der Waals surface area contributed by atoms with Gasteiger partial charge >= 0.3 is 5.69 Å². The standard InChI is InChI=1S/C19H16Cl2N4O2/c1-11-4-3-5-15(21)17(11)24-18(26)12(2)25-19(27)23-16(10-22-25)13-6-8-14(20)9-7-13/h3-10,12H,1-2H3,(H,24,26)/t12-/m0/s1. The van der Waals surface area contributed by atoms with Gasteiger partial charge in [-0.15, -0.1) is 0 Å². The van der Waals surface area contributed by atoms with Crippen LogP contribution in [0.15, 0.2) is 53.5 Å². The Morgan fingerprint density at radius 1 is 1.15 bits per heavy atom. The smallest absolute Gasteiger partial charge is 0.323 e. The molecular weight excluding hydrogens is 387 g/mol. The third kappa shape index (κ3) is 4.18. The first-order valence-corrected chi connectivity index (χ1v) is 8.90. The Kier molecular flexibility index (Phi) is 5.58. The fraction of sp³-hybridized carbons (Fsp3) is 0.158. The van der Waals surface area contributed by atoms with E-state index >= 15 is 0 Å². The number of carbonyl (C=O) groups is 1. The van der Waals surface area contributed by atoms with Gasteiger partial charge in [0.1, 0.15) is 6.04 Å². The van der Waals surface area contributed by atoms with E-state index in [2.05, 4.69) is 15.4 Å². The van der Waals surface area contributed by atoms with Crippen LogP contribution in [0.3, 0.4) is 0 Å². The van der Waals surface area contributed by atoms with Gasteiger partial charge in [0.15, 0.2) is 0 Å². The highest BCUT2D eigenvalue weighted by Gasteiger charge is 2.20. The molecule has 1 amide bonds. The van der Waals surface area contributed by atoms with Gasteiger partial charge in [0.25, 0.3) is 0 Å². The number of aryl methyl sites for hydroxylation is 1. The lowest BCUT2D eigenvalue weighted by molar-refractivity contribution is -0.119. The van der Waals surface area contributed by atoms with E-state index in [1.54, 1.807) is 43.3 Å². The minimum absolute atomic E-state index is 0.405. The molecule has 0 aliphatic rings. The first-order valence-electron chi connectivity index (χ1n) is 8.14. The Morgan fingerprint density at radius 2 is 1.85 bits per heavy atom. The van der Waals surface area contributed by atoms with E-state index < -0.39 is 17.6 Å². The Bertz CT molecular complexity index is 1030. The molecule has 0 aliphatic heterocycles. The van der Waals surface area contributed by atoms with Crippen LogP contribution in [0, 0.1) is 6.92 Å². The second-order valence-corrected chi connectivity index (χ2v) is 6.82. The van der Waals surface area contributed by atoms with Gasteiger partial charge in [0.05, 0.1) is 22.6 Å². The van der Waals surface area contributed by atoms with Gasteiger partial charge in [-0.25, -0.2) is 9.48 Å². The highest BCUT2D eigenvalue weighted by molar-refractivity contribution is 6.34. The first kappa shape index (κ1) is 19.1. The largest absolute Gasteiger partial charge is 0.365 e. The van der Waals surface area contributed by atoms with Crippen LogP contribution in [0.25, 0.3) is 11.3 Å². The van der Waals surface area contributed by atoms with Crippen LogP contribution < -0.4 is 11.0 Å². The molecule has 27 heavy (non-hydrogen) atoms. The monoisotopic (exact) mass is 402 g/mol. The van der Waals surface area contributed by atoms with Crippen LogP contribution in [0.1, 0.15) is 18.5 Å². The van der Waals surface area contributed by atoms with Crippen molar-refractivity contribution in [3.63, 3.8) is 0 Å². The van der Waals surface area contributed by atoms with E-state index in [0.717, 1.165) is 10.2 Å². The molecule has 0 saturated heterocycles. The van der Waals surface area contributed by atoms with E-state index in [-0.39, 0.29) is 0 Å². The second-order valence-electron chi connectivity index (χ2n) is 5.97. The van der Waals surface area contributed by atoms with Crippen LogP contribution >= 0.6 is 23.2 Å². The second kappa shape index (κ2) is 7.90. The summed E-state index contributed by atoms with van der Waals surface area (Å²) in [5.41, 5.74) is 1.82. The highest BCUT2D eigenvalue weighted by atomic mass is 35.5. The van der Waals surface area contributed by atoms with Crippen molar-refractivity contribution in [2.24, 2.45) is 0 Å². The molecule has 0 radical (unpaired) electrons. The number of para-hydroxylation sites is 1. The number of nitrogens with one attached hydrogen (secondary N) is 1. The molecular formula is C19H16Cl2N4O2. The molecule has 1 atom stereocenters. The normalized spacial score (nSPS) is 11.9. The summed E-state index contributed by atoms with van der Waals surface area (Å²) >= 11 is 12.0. The lowest BCUT2D eigenvalue weighted by Crippen LogP contribution is -2.35. The zero-order valence-corrected chi connectivity index (χ0v) is 16.1. The summed E-state index contributed by atoms with van der Waals surface area (Å²) in [5.74, 6) is -0.415. The van der Waals surface area contributed by atoms with Gasteiger partial charge in [0.2, 0.25) is 5.91 Å². The summed E-state index contributed by atoms with van der Waals surface area (Å²) < 4.78 is 1.03. The van der Waals surface area contributed by atoms with Crippen LogP contribution in [-0.2, 0) is 4.79 Å². The molecule has 0 saturated carbocycles. The molecule has 1 N–H and O–H groups in total. The van der Waals surface area contributed by atoms with Gasteiger partial charge in [-0.3, -0.25) is 4.79 Å². The molecule has 0 unspecified atom stereocenters. The van der Waals surface area contributed by atoms with Crippen molar-refractivity contribution >= 4 is 34.8 Å². The first-order chi connectivity index (χ1) is 12.9. The maximum Gasteiger partial charge on any atom is 0.365 e. The summed E-state index contributed by atoms with van der Waals surface area (Å²) in [5, 5.41) is 7.85. The quantitative estimate of drug-likeness (QED) is 0.711. The van der Waals surface area contributed by atoms with Gasteiger partial charge in [-0.2, -0.15) is 10.1 Å². The molecule has 2 aromatic carbocycles. The van der Waals surface area contributed by atoms with Crippen molar-refractivity contribution in [3.05, 3.63) is 74.8 Å². The Labute approximate surface area is 165 Å². The van der Waals surface area contributed by atoms with E-state index in [1.165, 1.54) is 6.20 Å². The van der Waals surface area contributed by atoms with E-state index in [9.17, 15) is 9.59 Å². The summed E-state index contributed by atoms with van der Waals surface area (Å²) in [6.07, 6.45) is 1.44. The van der Waals surface area contributed by atoms with Crippen molar-refractivity contribution in [1.29, 1.82) is 0 Å². The van der Waals surface area contributed by atoms with Gasteiger partial charge in [-0.1, -0.05) is 47.5 Å². The molecule has 6 nitrogen and oxygen atoms in total. The number of hydrogen-bond donors (Lipinski definition) is 1. The summed E-state index contributed by atoms with van der Waals surface area (Å²) in [7, 11) is 0. The third-order valence-corrected chi connectivity index (χ3v) is 4.64. The minimum Gasteiger partial charge on any atom is -0.323 e. The number of carbonyl (C=O) groups excluding carboxylic acids is 1. The summed E-state index contributed by atoms with van der Waals surface area (Å²) in [6, 6.07) is 11.3. The van der Waals surface area contributed by atoms with Crippen molar-refractivity contribution in [2.75, 3.05) is 5.32 Å². The van der Waals surface area contributed by atoms with E-state index in [4.69, 9.17) is 23.2 Å². The van der Waals surface area contributed by atoms with Gasteiger partial charge < -0.3 is 5.32 Å². The molecule has 1 heterocycles. The Morgan fingerprint density at radius 3 is 2.48 bits per heavy atom. The molecule has 0 aliphatic carbocycles. The zero-order chi connectivity index (χ0) is 19.6. The fourth-order valence-corrected chi connectivity index (χ4v) is 2.90. The highest BCUT2D eigenvalue weighted by Crippen LogP contribution is 2.26. The van der Waals surface area contributed by atoms with Crippen molar-refractivity contribution in [3.8, 4) is 11.3 Å². The lowest BCUT2D eigenvalue weighted by Gasteiger charge is -2.15. The fourth-order valence-electron chi connectivity index (χ4n) is 2.50. The number of amides is 1. The van der Waals surface area contributed by atoms with Gasteiger partial charge in [0, 0.05) is 10.6 Å². The maximum absolute atomic E-state index is 12.6. The topological polar surface area (TPSA) is 76.9 Å². The van der Waals surface area contributed by atoms with Crippen LogP contribution in [0.5, 0.6) is 0 Å². The number of aromatic nitrogens is 3. The number of hydrogen-bond acceptors (Lipinski definition) is 4. The Hall–Kier alpha value is -2.70. The number of benzene rings is 2. The number of halogens is 2. The number of nitrogens with zero attached hydrogens (tertiary/aromatic N) is 3. The zero-order valence-electron chi connectivity index (χ0n) is 14.6. The van der Waals surface area contributed by atoms with Crippen molar-refractivity contribution in [2.45, 2.75) is 19.9 Å². The van der Waals surface area contributed by atoms with E-state index in [1.807, 2.05) is 13.0 Å². The third-order valence-electron chi connectivity index (χ3n) is 4.07. The lowest BCUT2D eigenvalue weighted by atomic mass is 10.2. The van der Waals surface area contributed by atoms with E-state index in [0.29, 0.717) is 27.0 Å². The van der Waals surface area contributed by atoms with Crippen LogP contribution in [-0.4, -0.2) is 20.7 Å². The van der Waals surface area contributed by atoms with Crippen molar-refractivity contribution < 1.29 is 4.79 Å². The SMILES string of the molecule is Cc1cccc(Cl)c1NC(=O)[C@H](C)n1ncc(-c2ccc(Cl)cc2)nc1=O. The summed E-state index contributed by atoms with van der Waals surface area (Å²) in [6.45, 7) is 3.40. The average Bonchev–Trinajstić information content (AvgIpc) is 2.64. The minimum atomic E-state index is -0.861. The molecule has 0 bridgehead atoms.